The van der Waals surface area contributed by atoms with Crippen LogP contribution in [0.3, 0.4) is 0 Å². The van der Waals surface area contributed by atoms with Crippen molar-refractivity contribution >= 4 is 11.7 Å². The van der Waals surface area contributed by atoms with Gasteiger partial charge >= 0.3 is 0 Å². The van der Waals surface area contributed by atoms with Crippen LogP contribution in [-0.2, 0) is 4.79 Å². The van der Waals surface area contributed by atoms with Gasteiger partial charge in [-0.25, -0.2) is 0 Å². The van der Waals surface area contributed by atoms with E-state index < -0.39 is 0 Å². The number of carbonyl (C=O) groups excluding carboxylic acids is 1. The second-order valence-corrected chi connectivity index (χ2v) is 1.56. The molecule has 9 heavy (non-hydrogen) atoms. The van der Waals surface area contributed by atoms with Gasteiger partial charge in [0.15, 0.2) is 5.82 Å². The smallest absolute Gasteiger partial charge is 0.222 e. The lowest BCUT2D eigenvalue weighted by Crippen LogP contribution is -2.05. The van der Waals surface area contributed by atoms with E-state index in [-0.39, 0.29) is 5.91 Å². The summed E-state index contributed by atoms with van der Waals surface area (Å²) in [6.45, 7) is 1.42. The molecule has 1 radical (unpaired) electrons. The minimum Gasteiger partial charge on any atom is -0.309 e. The van der Waals surface area contributed by atoms with Crippen molar-refractivity contribution in [2.45, 2.75) is 6.92 Å². The molecule has 0 aliphatic rings. The van der Waals surface area contributed by atoms with Gasteiger partial charge in [-0.05, 0) is 0 Å². The molecule has 0 saturated heterocycles. The Labute approximate surface area is 52.3 Å². The number of nitrogens with zero attached hydrogens (tertiary/aromatic N) is 1. The Hall–Kier alpha value is -1.32. The van der Waals surface area contributed by atoms with Crippen LogP contribution in [0.1, 0.15) is 6.92 Å². The SMILES string of the molecule is CC(=O)Nc1[c]c[nH]n1. The van der Waals surface area contributed by atoms with Crippen molar-refractivity contribution in [1.29, 1.82) is 0 Å². The molecule has 0 atom stereocenters. The van der Waals surface area contributed by atoms with Gasteiger partial charge in [0, 0.05) is 19.2 Å². The van der Waals surface area contributed by atoms with Crippen LogP contribution < -0.4 is 5.32 Å². The van der Waals surface area contributed by atoms with E-state index in [0.29, 0.717) is 5.82 Å². The first-order chi connectivity index (χ1) is 4.29. The van der Waals surface area contributed by atoms with Crippen LogP contribution >= 0.6 is 0 Å². The van der Waals surface area contributed by atoms with Gasteiger partial charge in [0.05, 0.1) is 0 Å². The van der Waals surface area contributed by atoms with E-state index >= 15 is 0 Å². The summed E-state index contributed by atoms with van der Waals surface area (Å²) in [6, 6.07) is 2.67. The van der Waals surface area contributed by atoms with Crippen LogP contribution in [0, 0.1) is 6.07 Å². The third-order valence-electron chi connectivity index (χ3n) is 0.744. The molecule has 1 amide bonds. The van der Waals surface area contributed by atoms with E-state index in [1.54, 1.807) is 0 Å². The molecule has 4 heteroatoms. The molecule has 0 saturated carbocycles. The fourth-order valence-corrected chi connectivity index (χ4v) is 0.461. The molecule has 1 aromatic rings. The normalized spacial score (nSPS) is 9.00. The van der Waals surface area contributed by atoms with Gasteiger partial charge in [0.1, 0.15) is 0 Å². The summed E-state index contributed by atoms with van der Waals surface area (Å²) >= 11 is 0. The standard InChI is InChI=1S/C5H6N3O/c1-4(9)7-5-2-3-6-8-5/h3H,1H3,(H2,6,7,8,9). The number of hydrogen-bond donors (Lipinski definition) is 2. The van der Waals surface area contributed by atoms with E-state index in [1.807, 2.05) is 0 Å². The van der Waals surface area contributed by atoms with Crippen molar-refractivity contribution in [3.05, 3.63) is 12.3 Å². The van der Waals surface area contributed by atoms with Crippen LogP contribution in [-0.4, -0.2) is 16.1 Å². The number of rotatable bonds is 1. The van der Waals surface area contributed by atoms with Crippen LogP contribution in [0.4, 0.5) is 5.82 Å². The highest BCUT2D eigenvalue weighted by molar-refractivity contribution is 5.87. The quantitative estimate of drug-likeness (QED) is 0.560. The van der Waals surface area contributed by atoms with Crippen molar-refractivity contribution in [2.75, 3.05) is 5.32 Å². The van der Waals surface area contributed by atoms with E-state index in [9.17, 15) is 4.79 Å². The largest absolute Gasteiger partial charge is 0.309 e. The summed E-state index contributed by atoms with van der Waals surface area (Å²) in [4.78, 5) is 10.3. The molecule has 2 N–H and O–H groups in total. The summed E-state index contributed by atoms with van der Waals surface area (Å²) < 4.78 is 0. The Kier molecular flexibility index (Phi) is 1.48. The van der Waals surface area contributed by atoms with E-state index in [2.05, 4.69) is 21.6 Å². The van der Waals surface area contributed by atoms with Gasteiger partial charge in [-0.1, -0.05) is 0 Å². The molecular formula is C5H6N3O. The maximum atomic E-state index is 10.3. The molecule has 0 aliphatic carbocycles. The molecule has 0 aliphatic heterocycles. The lowest BCUT2D eigenvalue weighted by molar-refractivity contribution is -0.114. The average molecular weight is 124 g/mol. The summed E-state index contributed by atoms with van der Waals surface area (Å²) in [5.74, 6) is 0.292. The van der Waals surface area contributed by atoms with Gasteiger partial charge < -0.3 is 5.32 Å². The monoisotopic (exact) mass is 124 g/mol. The molecular weight excluding hydrogens is 118 g/mol. The minimum absolute atomic E-state index is 0.140. The van der Waals surface area contributed by atoms with Gasteiger partial charge in [-0.15, -0.1) is 0 Å². The first-order valence-electron chi connectivity index (χ1n) is 2.48. The number of aromatic amines is 1. The average Bonchev–Trinajstić information content (AvgIpc) is 2.15. The number of carbonyl (C=O) groups is 1. The molecule has 0 fully saturated rings. The Bertz CT molecular complexity index is 192. The van der Waals surface area contributed by atoms with Gasteiger partial charge in [0.2, 0.25) is 5.91 Å². The number of hydrogen-bond acceptors (Lipinski definition) is 2. The van der Waals surface area contributed by atoms with Crippen LogP contribution in [0.2, 0.25) is 0 Å². The third-order valence-corrected chi connectivity index (χ3v) is 0.744. The Morgan fingerprint density at radius 2 is 2.78 bits per heavy atom. The number of anilines is 1. The summed E-state index contributed by atoms with van der Waals surface area (Å²) in [6.07, 6.45) is 1.52. The van der Waals surface area contributed by atoms with Crippen molar-refractivity contribution in [3.8, 4) is 0 Å². The minimum atomic E-state index is -0.140. The van der Waals surface area contributed by atoms with E-state index in [4.69, 9.17) is 0 Å². The molecule has 1 rings (SSSR count). The van der Waals surface area contributed by atoms with E-state index in [0.717, 1.165) is 0 Å². The zero-order chi connectivity index (χ0) is 6.69. The van der Waals surface area contributed by atoms with Crippen molar-refractivity contribution in [2.24, 2.45) is 0 Å². The molecule has 4 nitrogen and oxygen atoms in total. The molecule has 0 aromatic carbocycles. The van der Waals surface area contributed by atoms with Crippen LogP contribution in [0.15, 0.2) is 6.20 Å². The van der Waals surface area contributed by atoms with Crippen LogP contribution in [0.5, 0.6) is 0 Å². The summed E-state index contributed by atoms with van der Waals surface area (Å²) in [5.41, 5.74) is 0. The predicted octanol–water partition coefficient (Wildman–Crippen LogP) is 0.168. The summed E-state index contributed by atoms with van der Waals surface area (Å²) in [7, 11) is 0. The second-order valence-electron chi connectivity index (χ2n) is 1.56. The predicted molar refractivity (Wildman–Crippen MR) is 31.7 cm³/mol. The van der Waals surface area contributed by atoms with E-state index in [1.165, 1.54) is 13.1 Å². The highest BCUT2D eigenvalue weighted by atomic mass is 16.1. The lowest BCUT2D eigenvalue weighted by Gasteiger charge is -1.90. The fraction of sp³-hybridized carbons (Fsp3) is 0.200. The zero-order valence-electron chi connectivity index (χ0n) is 4.93. The molecule has 0 unspecified atom stereocenters. The fourth-order valence-electron chi connectivity index (χ4n) is 0.461. The lowest BCUT2D eigenvalue weighted by atomic mass is 10.6. The maximum Gasteiger partial charge on any atom is 0.222 e. The second kappa shape index (κ2) is 2.30. The zero-order valence-corrected chi connectivity index (χ0v) is 4.93. The molecule has 47 valence electrons. The van der Waals surface area contributed by atoms with Gasteiger partial charge in [0.25, 0.3) is 0 Å². The Morgan fingerprint density at radius 1 is 2.00 bits per heavy atom. The maximum absolute atomic E-state index is 10.3. The first-order valence-corrected chi connectivity index (χ1v) is 2.48. The molecule has 0 bridgehead atoms. The van der Waals surface area contributed by atoms with Crippen LogP contribution in [0.25, 0.3) is 0 Å². The van der Waals surface area contributed by atoms with Gasteiger partial charge in [-0.3, -0.25) is 9.89 Å². The van der Waals surface area contributed by atoms with Gasteiger partial charge in [-0.2, -0.15) is 5.10 Å². The first kappa shape index (κ1) is 5.81. The number of aromatic nitrogens is 2. The topological polar surface area (TPSA) is 57.8 Å². The Morgan fingerprint density at radius 3 is 3.22 bits per heavy atom. The number of nitrogens with one attached hydrogen (secondary N) is 2. The highest BCUT2D eigenvalue weighted by Gasteiger charge is 1.93. The number of amides is 1. The third kappa shape index (κ3) is 1.56. The highest BCUT2D eigenvalue weighted by Crippen LogP contribution is 1.94. The molecule has 1 aromatic heterocycles. The Balaban J connectivity index is 2.58. The molecule has 0 spiro atoms. The van der Waals surface area contributed by atoms with Crippen molar-refractivity contribution in [1.82, 2.24) is 10.2 Å². The number of H-pyrrole nitrogens is 1. The van der Waals surface area contributed by atoms with Crippen molar-refractivity contribution < 1.29 is 4.79 Å². The summed E-state index contributed by atoms with van der Waals surface area (Å²) in [5, 5.41) is 8.61. The molecule has 1 heterocycles. The van der Waals surface area contributed by atoms with Crippen molar-refractivity contribution in [3.63, 3.8) is 0 Å².